The number of rotatable bonds is 7. The van der Waals surface area contributed by atoms with Crippen LogP contribution in [0.5, 0.6) is 11.6 Å². The fraction of sp³-hybridized carbons (Fsp3) is 0.425. The minimum atomic E-state index is -2.88. The Morgan fingerprint density at radius 1 is 1.06 bits per heavy atom. The highest BCUT2D eigenvalue weighted by Gasteiger charge is 2.69. The van der Waals surface area contributed by atoms with Crippen LogP contribution in [0.3, 0.4) is 0 Å². The molecule has 1 aromatic heterocycles. The summed E-state index contributed by atoms with van der Waals surface area (Å²) in [6.07, 6.45) is 0.700. The smallest absolute Gasteiger partial charge is 0.265 e. The van der Waals surface area contributed by atoms with Crippen LogP contribution >= 0.6 is 0 Å². The topological polar surface area (TPSA) is 111 Å². The van der Waals surface area contributed by atoms with Crippen LogP contribution in [-0.2, 0) is 22.2 Å². The number of Topliss-reactive ketones (excluding diaryl/α,β-unsaturated/α-hetero) is 2. The van der Waals surface area contributed by atoms with E-state index in [2.05, 4.69) is 25.9 Å². The molecule has 4 aromatic rings. The number of ether oxygens (including phenoxy) is 2. The summed E-state index contributed by atoms with van der Waals surface area (Å²) in [5.41, 5.74) is 0.897. The van der Waals surface area contributed by atoms with Gasteiger partial charge in [-0.3, -0.25) is 14.5 Å². The van der Waals surface area contributed by atoms with Crippen LogP contribution in [0.4, 0.5) is 4.39 Å². The number of ketones is 2. The Kier molecular flexibility index (Phi) is 8.35. The number of halogens is 1. The van der Waals surface area contributed by atoms with Crippen LogP contribution in [0.2, 0.25) is 18.1 Å². The van der Waals surface area contributed by atoms with Crippen molar-refractivity contribution in [2.24, 2.45) is 11.8 Å². The van der Waals surface area contributed by atoms with Gasteiger partial charge in [0.15, 0.2) is 19.7 Å². The van der Waals surface area contributed by atoms with E-state index in [4.69, 9.17) is 18.4 Å². The third-order valence-corrected chi connectivity index (χ3v) is 16.1. The van der Waals surface area contributed by atoms with E-state index < -0.39 is 49.2 Å². The Bertz CT molecular complexity index is 2120. The molecule has 3 aromatic carbocycles. The number of aliphatic hydroxyl groups excluding tert-OH is 1. The highest BCUT2D eigenvalue weighted by Crippen LogP contribution is 2.59. The second-order valence-electron chi connectivity index (χ2n) is 15.9. The summed E-state index contributed by atoms with van der Waals surface area (Å²) in [5, 5.41) is 17.5. The lowest BCUT2D eigenvalue weighted by atomic mass is 9.57. The van der Waals surface area contributed by atoms with Crippen molar-refractivity contribution in [3.63, 3.8) is 0 Å². The Hall–Kier alpha value is -4.32. The summed E-state index contributed by atoms with van der Waals surface area (Å²) in [7, 11) is 2.44. The first-order valence-corrected chi connectivity index (χ1v) is 20.3. The van der Waals surface area contributed by atoms with Crippen LogP contribution in [-0.4, -0.2) is 61.9 Å². The number of benzene rings is 3. The minimum absolute atomic E-state index is 0.00134. The molecule has 4 atom stereocenters. The van der Waals surface area contributed by atoms with E-state index in [1.54, 1.807) is 13.2 Å². The van der Waals surface area contributed by atoms with Crippen molar-refractivity contribution in [2.75, 3.05) is 21.2 Å². The molecule has 268 valence electrons. The van der Waals surface area contributed by atoms with Gasteiger partial charge in [0.25, 0.3) is 5.88 Å². The number of nitrogens with zero attached hydrogens (tertiary/aromatic N) is 2. The number of methoxy groups -OCH3 is 1. The Labute approximate surface area is 298 Å². The zero-order chi connectivity index (χ0) is 36.8. The van der Waals surface area contributed by atoms with Crippen molar-refractivity contribution >= 4 is 36.4 Å². The average molecular weight is 713 g/mol. The normalized spacial score (nSPS) is 23.2. The molecule has 3 aliphatic rings. The van der Waals surface area contributed by atoms with Crippen LogP contribution < -0.4 is 9.47 Å². The fourth-order valence-corrected chi connectivity index (χ4v) is 9.70. The molecule has 7 rings (SSSR count). The maximum Gasteiger partial charge on any atom is 0.265 e. The minimum Gasteiger partial charge on any atom is -0.507 e. The summed E-state index contributed by atoms with van der Waals surface area (Å²) in [5.74, 6) is -2.08. The molecule has 0 radical (unpaired) electrons. The third kappa shape index (κ3) is 5.18. The monoisotopic (exact) mass is 712 g/mol. The lowest BCUT2D eigenvalue weighted by molar-refractivity contribution is -0.140. The van der Waals surface area contributed by atoms with E-state index in [1.807, 2.05) is 69.3 Å². The third-order valence-electron chi connectivity index (χ3n) is 11.7. The first kappa shape index (κ1) is 35.1. The lowest BCUT2D eigenvalue weighted by Crippen LogP contribution is -2.68. The summed E-state index contributed by atoms with van der Waals surface area (Å²) >= 11 is 0. The standard InChI is InChI=1S/C40H45FN2O7Si/c1-21-26-19-24(41)15-16-25(26)34(47-7)27-17-23-18-28-32(43(5)6)35-31(38(42-49-35)48-20-22-13-11-10-12-14-22)37(46)40(28,50-51(8,9)39(2,3)4)36(45)30(23)33(44)29(21)27/h10-16,19,23,28,32,44H,17-18,20H2,1-9H3/t23-,28-,32-,40-/m0/s1. The van der Waals surface area contributed by atoms with E-state index in [0.29, 0.717) is 40.9 Å². The molecule has 3 aliphatic carbocycles. The second-order valence-corrected chi connectivity index (χ2v) is 20.6. The van der Waals surface area contributed by atoms with Gasteiger partial charge >= 0.3 is 0 Å². The van der Waals surface area contributed by atoms with Crippen LogP contribution in [0.1, 0.15) is 71.6 Å². The van der Waals surface area contributed by atoms with Gasteiger partial charge in [0.2, 0.25) is 11.6 Å². The number of aromatic nitrogens is 1. The molecular weight excluding hydrogens is 668 g/mol. The molecule has 11 heteroatoms. The van der Waals surface area contributed by atoms with E-state index in [1.165, 1.54) is 12.1 Å². The van der Waals surface area contributed by atoms with Gasteiger partial charge < -0.3 is 23.5 Å². The molecule has 9 nitrogen and oxygen atoms in total. The highest BCUT2D eigenvalue weighted by atomic mass is 28.4. The number of hydrogen-bond acceptors (Lipinski definition) is 9. The van der Waals surface area contributed by atoms with E-state index in [9.17, 15) is 9.50 Å². The van der Waals surface area contributed by atoms with Gasteiger partial charge in [-0.2, -0.15) is 0 Å². The number of hydrogen-bond donors (Lipinski definition) is 1. The van der Waals surface area contributed by atoms with Crippen molar-refractivity contribution in [1.82, 2.24) is 10.1 Å². The quantitative estimate of drug-likeness (QED) is 0.150. The maximum atomic E-state index is 15.6. The lowest BCUT2D eigenvalue weighted by Gasteiger charge is -2.55. The fourth-order valence-electron chi connectivity index (χ4n) is 8.25. The SMILES string of the molecule is COc1c2c(c(C)c3cc(F)ccc13)C(O)=C1C(=O)[C@]3(O[Si](C)(C)C(C)(C)C)C(=O)c4c(OCc5ccccc5)noc4[C@@H](N(C)C)[C@@H]3C[C@@H]1C2. The Morgan fingerprint density at radius 3 is 2.41 bits per heavy atom. The van der Waals surface area contributed by atoms with Gasteiger partial charge in [-0.25, -0.2) is 4.39 Å². The molecule has 1 N–H and O–H groups in total. The zero-order valence-electron chi connectivity index (χ0n) is 30.6. The van der Waals surface area contributed by atoms with E-state index >= 15 is 9.59 Å². The first-order chi connectivity index (χ1) is 24.0. The molecule has 1 heterocycles. The average Bonchev–Trinajstić information content (AvgIpc) is 3.48. The molecule has 0 spiro atoms. The number of fused-ring (bicyclic) bond motifs is 5. The zero-order valence-corrected chi connectivity index (χ0v) is 31.6. The molecule has 0 amide bonds. The van der Waals surface area contributed by atoms with Crippen molar-refractivity contribution in [3.8, 4) is 11.6 Å². The van der Waals surface area contributed by atoms with Crippen molar-refractivity contribution in [2.45, 2.75) is 76.9 Å². The molecule has 0 unspecified atom stereocenters. The van der Waals surface area contributed by atoms with Gasteiger partial charge in [-0.05, 0) is 97.8 Å². The van der Waals surface area contributed by atoms with Gasteiger partial charge in [-0.15, -0.1) is 0 Å². The highest BCUT2D eigenvalue weighted by molar-refractivity contribution is 6.74. The summed E-state index contributed by atoms with van der Waals surface area (Å²) < 4.78 is 39.8. The number of carbonyl (C=O) groups excluding carboxylic acids is 2. The summed E-state index contributed by atoms with van der Waals surface area (Å²) in [6.45, 7) is 12.2. The summed E-state index contributed by atoms with van der Waals surface area (Å²) in [4.78, 5) is 32.9. The largest absolute Gasteiger partial charge is 0.507 e. The predicted octanol–water partition coefficient (Wildman–Crippen LogP) is 8.15. The van der Waals surface area contributed by atoms with Crippen LogP contribution in [0.25, 0.3) is 16.5 Å². The molecular formula is C40H45FN2O7Si. The number of carbonyl (C=O) groups is 2. The molecule has 0 saturated heterocycles. The molecule has 0 bridgehead atoms. The Balaban J connectivity index is 1.47. The molecule has 51 heavy (non-hydrogen) atoms. The van der Waals surface area contributed by atoms with Crippen LogP contribution in [0, 0.1) is 24.6 Å². The maximum absolute atomic E-state index is 15.6. The molecule has 1 fully saturated rings. The van der Waals surface area contributed by atoms with Gasteiger partial charge in [0.05, 0.1) is 13.2 Å². The van der Waals surface area contributed by atoms with E-state index in [-0.39, 0.29) is 34.4 Å². The van der Waals surface area contributed by atoms with E-state index in [0.717, 1.165) is 16.5 Å². The first-order valence-electron chi connectivity index (χ1n) is 17.4. The van der Waals surface area contributed by atoms with Crippen molar-refractivity contribution in [3.05, 3.63) is 93.5 Å². The molecule has 0 aliphatic heterocycles. The predicted molar refractivity (Wildman–Crippen MR) is 194 cm³/mol. The van der Waals surface area contributed by atoms with Crippen LogP contribution in [0.15, 0.2) is 58.6 Å². The second kappa shape index (κ2) is 12.1. The van der Waals surface area contributed by atoms with Gasteiger partial charge in [0.1, 0.15) is 29.5 Å². The number of aliphatic hydroxyl groups is 1. The summed E-state index contributed by atoms with van der Waals surface area (Å²) in [6, 6.07) is 13.4. The number of aryl methyl sites for hydroxylation is 1. The van der Waals surface area contributed by atoms with Gasteiger partial charge in [0, 0.05) is 28.0 Å². The van der Waals surface area contributed by atoms with Crippen molar-refractivity contribution in [1.29, 1.82) is 0 Å². The van der Waals surface area contributed by atoms with Gasteiger partial charge in [-0.1, -0.05) is 51.1 Å². The molecule has 1 saturated carbocycles. The van der Waals surface area contributed by atoms with Crippen molar-refractivity contribution < 1.29 is 37.5 Å². The Morgan fingerprint density at radius 2 is 1.76 bits per heavy atom.